The van der Waals surface area contributed by atoms with Crippen LogP contribution in [0.15, 0.2) is 0 Å². The molecule has 1 atom stereocenters. The fourth-order valence-electron chi connectivity index (χ4n) is 1.68. The largest absolute Gasteiger partial charge is 0.481 e. The van der Waals surface area contributed by atoms with Crippen LogP contribution in [0, 0.1) is 5.92 Å². The molecular formula is C10H16N2O4S. The maximum atomic E-state index is 11.7. The summed E-state index contributed by atoms with van der Waals surface area (Å²) in [5.74, 6) is -0.970. The molecule has 1 aliphatic rings. The lowest BCUT2D eigenvalue weighted by Crippen LogP contribution is -2.30. The summed E-state index contributed by atoms with van der Waals surface area (Å²) < 4.78 is 0. The molecule has 0 saturated carbocycles. The van der Waals surface area contributed by atoms with Crippen LogP contribution in [0.25, 0.3) is 0 Å². The van der Waals surface area contributed by atoms with Crippen molar-refractivity contribution in [1.29, 1.82) is 0 Å². The fraction of sp³-hybridized carbons (Fsp3) is 0.700. The van der Waals surface area contributed by atoms with E-state index in [4.69, 9.17) is 10.8 Å². The minimum atomic E-state index is -0.844. The number of carboxylic acid groups (broad SMARTS) is 1. The molecule has 0 bridgehead atoms. The van der Waals surface area contributed by atoms with Gasteiger partial charge in [-0.25, -0.2) is 0 Å². The zero-order chi connectivity index (χ0) is 12.8. The predicted octanol–water partition coefficient (Wildman–Crippen LogP) is -0.472. The van der Waals surface area contributed by atoms with Crippen LogP contribution in [0.2, 0.25) is 0 Å². The Morgan fingerprint density at radius 3 is 2.65 bits per heavy atom. The molecule has 0 aromatic heterocycles. The van der Waals surface area contributed by atoms with Gasteiger partial charge in [0.25, 0.3) is 0 Å². The molecule has 0 spiro atoms. The topological polar surface area (TPSA) is 101 Å². The number of likely N-dealkylation sites (tertiary alicyclic amines) is 1. The van der Waals surface area contributed by atoms with Gasteiger partial charge in [-0.1, -0.05) is 0 Å². The Balaban J connectivity index is 2.21. The highest BCUT2D eigenvalue weighted by atomic mass is 32.2. The summed E-state index contributed by atoms with van der Waals surface area (Å²) in [6.07, 6.45) is 0.847. The second kappa shape index (κ2) is 6.48. The summed E-state index contributed by atoms with van der Waals surface area (Å²) in [6, 6.07) is 0. The first-order valence-corrected chi connectivity index (χ1v) is 6.53. The van der Waals surface area contributed by atoms with Crippen molar-refractivity contribution in [3.63, 3.8) is 0 Å². The molecule has 0 aliphatic carbocycles. The van der Waals surface area contributed by atoms with Gasteiger partial charge < -0.3 is 15.7 Å². The third-order valence-corrected chi connectivity index (χ3v) is 3.58. The molecule has 0 aromatic carbocycles. The summed E-state index contributed by atoms with van der Waals surface area (Å²) in [4.78, 5) is 34.4. The van der Waals surface area contributed by atoms with Gasteiger partial charge in [0.05, 0.1) is 11.7 Å². The second-order valence-corrected chi connectivity index (χ2v) is 5.04. The highest BCUT2D eigenvalue weighted by molar-refractivity contribution is 7.99. The first kappa shape index (κ1) is 13.8. The van der Waals surface area contributed by atoms with Crippen molar-refractivity contribution in [2.24, 2.45) is 11.7 Å². The Morgan fingerprint density at radius 1 is 1.41 bits per heavy atom. The van der Waals surface area contributed by atoms with Crippen LogP contribution in [0.5, 0.6) is 0 Å². The van der Waals surface area contributed by atoms with Crippen LogP contribution in [0.4, 0.5) is 0 Å². The van der Waals surface area contributed by atoms with Crippen LogP contribution in [-0.4, -0.2) is 52.4 Å². The van der Waals surface area contributed by atoms with Crippen LogP contribution in [-0.2, 0) is 14.4 Å². The minimum Gasteiger partial charge on any atom is -0.481 e. The Morgan fingerprint density at radius 2 is 2.12 bits per heavy atom. The van der Waals surface area contributed by atoms with Gasteiger partial charge in [-0.2, -0.15) is 11.8 Å². The minimum absolute atomic E-state index is 0.0503. The SMILES string of the molecule is NC(=O)CSCCC(=O)N1CCC(C(=O)O)C1. The number of nitrogens with two attached hydrogens (primary N) is 1. The number of carbonyl (C=O) groups excluding carboxylic acids is 2. The molecule has 1 rings (SSSR count). The summed E-state index contributed by atoms with van der Waals surface area (Å²) in [5.41, 5.74) is 4.96. The quantitative estimate of drug-likeness (QED) is 0.629. The fourth-order valence-corrected chi connectivity index (χ4v) is 2.34. The van der Waals surface area contributed by atoms with E-state index in [9.17, 15) is 14.4 Å². The van der Waals surface area contributed by atoms with Crippen LogP contribution >= 0.6 is 11.8 Å². The molecule has 0 radical (unpaired) electrons. The lowest BCUT2D eigenvalue weighted by molar-refractivity contribution is -0.141. The Bertz CT molecular complexity index is 321. The molecule has 1 unspecified atom stereocenters. The van der Waals surface area contributed by atoms with Crippen molar-refractivity contribution in [3.05, 3.63) is 0 Å². The number of rotatable bonds is 6. The predicted molar refractivity (Wildman–Crippen MR) is 63.5 cm³/mol. The second-order valence-electron chi connectivity index (χ2n) is 3.93. The number of nitrogens with zero attached hydrogens (tertiary/aromatic N) is 1. The van der Waals surface area contributed by atoms with E-state index in [1.54, 1.807) is 4.90 Å². The van der Waals surface area contributed by atoms with E-state index < -0.39 is 17.8 Å². The maximum Gasteiger partial charge on any atom is 0.308 e. The first-order chi connectivity index (χ1) is 8.00. The van der Waals surface area contributed by atoms with Crippen LogP contribution < -0.4 is 5.73 Å². The zero-order valence-corrected chi connectivity index (χ0v) is 10.2. The van der Waals surface area contributed by atoms with Crippen molar-refractivity contribution in [2.45, 2.75) is 12.8 Å². The Hall–Kier alpha value is -1.24. The van der Waals surface area contributed by atoms with Crippen molar-refractivity contribution in [3.8, 4) is 0 Å². The van der Waals surface area contributed by atoms with E-state index in [1.807, 2.05) is 0 Å². The van der Waals surface area contributed by atoms with E-state index in [-0.39, 0.29) is 11.7 Å². The monoisotopic (exact) mass is 260 g/mol. The molecule has 17 heavy (non-hydrogen) atoms. The van der Waals surface area contributed by atoms with Crippen molar-refractivity contribution >= 4 is 29.5 Å². The normalized spacial score (nSPS) is 19.3. The number of amides is 2. The molecule has 1 saturated heterocycles. The summed E-state index contributed by atoms with van der Waals surface area (Å²) >= 11 is 1.32. The molecular weight excluding hydrogens is 244 g/mol. The van der Waals surface area contributed by atoms with Crippen molar-refractivity contribution in [2.75, 3.05) is 24.6 Å². The van der Waals surface area contributed by atoms with E-state index in [2.05, 4.69) is 0 Å². The Labute approximate surface area is 104 Å². The number of aliphatic carboxylic acids is 1. The number of carbonyl (C=O) groups is 3. The average Bonchev–Trinajstić information content (AvgIpc) is 2.73. The molecule has 0 aromatic rings. The van der Waals surface area contributed by atoms with E-state index >= 15 is 0 Å². The lowest BCUT2D eigenvalue weighted by Gasteiger charge is -2.15. The Kier molecular flexibility index (Phi) is 5.27. The van der Waals surface area contributed by atoms with E-state index in [0.29, 0.717) is 31.7 Å². The molecule has 1 heterocycles. The van der Waals surface area contributed by atoms with Gasteiger partial charge >= 0.3 is 5.97 Å². The van der Waals surface area contributed by atoms with Gasteiger partial charge in [-0.15, -0.1) is 0 Å². The van der Waals surface area contributed by atoms with Crippen molar-refractivity contribution in [1.82, 2.24) is 4.90 Å². The van der Waals surface area contributed by atoms with Gasteiger partial charge in [0.1, 0.15) is 0 Å². The van der Waals surface area contributed by atoms with Crippen LogP contribution in [0.3, 0.4) is 0 Å². The number of hydrogen-bond donors (Lipinski definition) is 2. The first-order valence-electron chi connectivity index (χ1n) is 5.37. The molecule has 96 valence electrons. The highest BCUT2D eigenvalue weighted by Gasteiger charge is 2.30. The van der Waals surface area contributed by atoms with E-state index in [1.165, 1.54) is 11.8 Å². The number of carboxylic acids is 1. The standard InChI is InChI=1S/C10H16N2O4S/c11-8(13)6-17-4-2-9(14)12-3-1-7(5-12)10(15)16/h7H,1-6H2,(H2,11,13)(H,15,16). The van der Waals surface area contributed by atoms with E-state index in [0.717, 1.165) is 0 Å². The number of primary amides is 1. The number of hydrogen-bond acceptors (Lipinski definition) is 4. The highest BCUT2D eigenvalue weighted by Crippen LogP contribution is 2.17. The summed E-state index contributed by atoms with van der Waals surface area (Å²) in [6.45, 7) is 0.810. The molecule has 1 aliphatic heterocycles. The number of thioether (sulfide) groups is 1. The van der Waals surface area contributed by atoms with Gasteiger partial charge in [-0.05, 0) is 6.42 Å². The van der Waals surface area contributed by atoms with Crippen molar-refractivity contribution < 1.29 is 19.5 Å². The van der Waals surface area contributed by atoms with Gasteiger partial charge in [0, 0.05) is 25.3 Å². The smallest absolute Gasteiger partial charge is 0.308 e. The molecule has 7 heteroatoms. The molecule has 1 fully saturated rings. The van der Waals surface area contributed by atoms with Gasteiger partial charge in [-0.3, -0.25) is 14.4 Å². The zero-order valence-electron chi connectivity index (χ0n) is 9.42. The summed E-state index contributed by atoms with van der Waals surface area (Å²) in [7, 11) is 0. The van der Waals surface area contributed by atoms with Gasteiger partial charge in [0.15, 0.2) is 0 Å². The molecule has 6 nitrogen and oxygen atoms in total. The maximum absolute atomic E-state index is 11.7. The summed E-state index contributed by atoms with van der Waals surface area (Å²) in [5, 5.41) is 8.79. The third-order valence-electron chi connectivity index (χ3n) is 2.59. The van der Waals surface area contributed by atoms with Gasteiger partial charge in [0.2, 0.25) is 11.8 Å². The molecule has 3 N–H and O–H groups in total. The average molecular weight is 260 g/mol. The molecule has 2 amide bonds. The lowest BCUT2D eigenvalue weighted by atomic mass is 10.1. The third kappa shape index (κ3) is 4.64. The van der Waals surface area contributed by atoms with Crippen LogP contribution in [0.1, 0.15) is 12.8 Å².